The minimum Gasteiger partial charge on any atom is -0.244 e. The predicted molar refractivity (Wildman–Crippen MR) is 48.9 cm³/mol. The highest BCUT2D eigenvalue weighted by molar-refractivity contribution is 4.61. The van der Waals surface area contributed by atoms with E-state index in [9.17, 15) is 0 Å². The fraction of sp³-hybridized carbons (Fsp3) is 1.00. The van der Waals surface area contributed by atoms with Crippen molar-refractivity contribution in [3.63, 3.8) is 0 Å². The van der Waals surface area contributed by atoms with Gasteiger partial charge in [-0.3, -0.25) is 0 Å². The number of hydrogen-bond acceptors (Lipinski definition) is 3. The summed E-state index contributed by atoms with van der Waals surface area (Å²) in [5.41, 5.74) is 6.22. The van der Waals surface area contributed by atoms with E-state index in [1.807, 2.05) is 14.1 Å². The molecule has 68 valence electrons. The smallest absolute Gasteiger partial charge is 0.0397 e. The molecule has 0 heterocycles. The van der Waals surface area contributed by atoms with Crippen LogP contribution in [0, 0.1) is 0 Å². The molecule has 3 heteroatoms. The Bertz CT molecular complexity index is 81.4. The first-order valence-corrected chi connectivity index (χ1v) is 4.44. The zero-order valence-electron chi connectivity index (χ0n) is 8.15. The second-order valence-corrected chi connectivity index (χ2v) is 2.67. The molecule has 0 amide bonds. The summed E-state index contributed by atoms with van der Waals surface area (Å²) in [6, 6.07) is 0.606. The number of rotatable bonds is 6. The highest BCUT2D eigenvalue weighted by Crippen LogP contribution is 2.05. The maximum absolute atomic E-state index is 3.11. The quantitative estimate of drug-likeness (QED) is 0.569. The predicted octanol–water partition coefficient (Wildman–Crippen LogP) is 1.14. The molecular formula is C8H21N3. The first-order chi connectivity index (χ1) is 5.29. The van der Waals surface area contributed by atoms with E-state index in [0.717, 1.165) is 0 Å². The summed E-state index contributed by atoms with van der Waals surface area (Å²) in [4.78, 5) is 0. The Kier molecular flexibility index (Phi) is 6.51. The van der Waals surface area contributed by atoms with E-state index < -0.39 is 0 Å². The van der Waals surface area contributed by atoms with Crippen molar-refractivity contribution in [3.05, 3.63) is 0 Å². The van der Waals surface area contributed by atoms with Gasteiger partial charge < -0.3 is 0 Å². The van der Waals surface area contributed by atoms with Crippen molar-refractivity contribution >= 4 is 0 Å². The maximum Gasteiger partial charge on any atom is 0.0397 e. The van der Waals surface area contributed by atoms with Crippen LogP contribution in [0.4, 0.5) is 0 Å². The van der Waals surface area contributed by atoms with E-state index in [2.05, 4.69) is 29.8 Å². The van der Waals surface area contributed by atoms with Crippen molar-refractivity contribution in [1.29, 1.82) is 0 Å². The van der Waals surface area contributed by atoms with Gasteiger partial charge in [-0.05, 0) is 12.8 Å². The number of nitrogens with one attached hydrogen (secondary N) is 2. The zero-order chi connectivity index (χ0) is 8.69. The van der Waals surface area contributed by atoms with Gasteiger partial charge in [0.25, 0.3) is 0 Å². The standard InChI is InChI=1S/C8H21N3/c1-5-7-8(6-2)11(9-3)10-4/h8-10H,5-7H2,1-4H3. The molecule has 0 aliphatic carbocycles. The Labute approximate surface area is 70.1 Å². The van der Waals surface area contributed by atoms with Crippen LogP contribution >= 0.6 is 0 Å². The molecule has 0 aromatic carbocycles. The lowest BCUT2D eigenvalue weighted by Crippen LogP contribution is -2.50. The number of nitrogens with zero attached hydrogens (tertiary/aromatic N) is 1. The van der Waals surface area contributed by atoms with Crippen LogP contribution in [0.2, 0.25) is 0 Å². The van der Waals surface area contributed by atoms with Gasteiger partial charge in [0.05, 0.1) is 0 Å². The van der Waals surface area contributed by atoms with E-state index in [1.54, 1.807) is 0 Å². The van der Waals surface area contributed by atoms with Crippen LogP contribution in [0.5, 0.6) is 0 Å². The van der Waals surface area contributed by atoms with Gasteiger partial charge in [-0.1, -0.05) is 20.3 Å². The molecule has 0 aromatic heterocycles. The van der Waals surface area contributed by atoms with Crippen LogP contribution in [-0.4, -0.2) is 25.3 Å². The Morgan fingerprint density at radius 2 is 1.73 bits per heavy atom. The maximum atomic E-state index is 3.11. The van der Waals surface area contributed by atoms with Crippen LogP contribution in [-0.2, 0) is 0 Å². The van der Waals surface area contributed by atoms with E-state index in [-0.39, 0.29) is 0 Å². The first-order valence-electron chi connectivity index (χ1n) is 4.44. The minimum atomic E-state index is 0.606. The second kappa shape index (κ2) is 6.58. The molecule has 0 aliphatic rings. The summed E-state index contributed by atoms with van der Waals surface area (Å²) in [7, 11) is 3.88. The van der Waals surface area contributed by atoms with E-state index in [1.165, 1.54) is 19.3 Å². The van der Waals surface area contributed by atoms with Crippen molar-refractivity contribution < 1.29 is 0 Å². The van der Waals surface area contributed by atoms with E-state index in [0.29, 0.717) is 6.04 Å². The molecule has 3 nitrogen and oxygen atoms in total. The number of hydrazine groups is 2. The van der Waals surface area contributed by atoms with Crippen molar-refractivity contribution in [2.24, 2.45) is 0 Å². The van der Waals surface area contributed by atoms with Gasteiger partial charge in [-0.25, -0.2) is 10.9 Å². The Morgan fingerprint density at radius 3 is 2.00 bits per heavy atom. The Hall–Kier alpha value is -0.120. The van der Waals surface area contributed by atoms with Crippen molar-refractivity contribution in [3.8, 4) is 0 Å². The van der Waals surface area contributed by atoms with Gasteiger partial charge in [0.1, 0.15) is 0 Å². The molecular weight excluding hydrogens is 138 g/mol. The minimum absolute atomic E-state index is 0.606. The van der Waals surface area contributed by atoms with E-state index >= 15 is 0 Å². The molecule has 0 radical (unpaired) electrons. The second-order valence-electron chi connectivity index (χ2n) is 2.67. The molecule has 0 spiro atoms. The fourth-order valence-corrected chi connectivity index (χ4v) is 1.33. The lowest BCUT2D eigenvalue weighted by atomic mass is 10.1. The Morgan fingerprint density at radius 1 is 1.18 bits per heavy atom. The molecule has 1 atom stereocenters. The summed E-state index contributed by atoms with van der Waals surface area (Å²) in [5, 5.41) is 2.06. The Balaban J connectivity index is 3.76. The van der Waals surface area contributed by atoms with Gasteiger partial charge in [-0.15, -0.1) is 0 Å². The van der Waals surface area contributed by atoms with Crippen LogP contribution in [0.25, 0.3) is 0 Å². The van der Waals surface area contributed by atoms with Gasteiger partial charge in [0, 0.05) is 20.1 Å². The molecule has 1 unspecified atom stereocenters. The van der Waals surface area contributed by atoms with Crippen molar-refractivity contribution in [1.82, 2.24) is 16.0 Å². The third kappa shape index (κ3) is 3.70. The molecule has 0 bridgehead atoms. The van der Waals surface area contributed by atoms with Crippen LogP contribution < -0.4 is 10.9 Å². The lowest BCUT2D eigenvalue weighted by molar-refractivity contribution is 0.0742. The molecule has 0 aliphatic heterocycles. The van der Waals surface area contributed by atoms with Gasteiger partial charge >= 0.3 is 0 Å². The molecule has 0 aromatic rings. The largest absolute Gasteiger partial charge is 0.244 e. The van der Waals surface area contributed by atoms with Gasteiger partial charge in [0.2, 0.25) is 0 Å². The molecule has 0 rings (SSSR count). The van der Waals surface area contributed by atoms with Crippen molar-refractivity contribution in [2.75, 3.05) is 14.1 Å². The van der Waals surface area contributed by atoms with Crippen LogP contribution in [0.15, 0.2) is 0 Å². The van der Waals surface area contributed by atoms with Gasteiger partial charge in [-0.2, -0.15) is 5.12 Å². The lowest BCUT2D eigenvalue weighted by Gasteiger charge is -2.28. The summed E-state index contributed by atoms with van der Waals surface area (Å²) < 4.78 is 0. The average Bonchev–Trinajstić information content (AvgIpc) is 2.05. The monoisotopic (exact) mass is 159 g/mol. The number of hydrogen-bond donors (Lipinski definition) is 2. The molecule has 2 N–H and O–H groups in total. The summed E-state index contributed by atoms with van der Waals surface area (Å²) in [5.74, 6) is 0. The summed E-state index contributed by atoms with van der Waals surface area (Å²) in [6.07, 6.45) is 3.64. The highest BCUT2D eigenvalue weighted by Gasteiger charge is 2.11. The third-order valence-electron chi connectivity index (χ3n) is 1.94. The van der Waals surface area contributed by atoms with Crippen LogP contribution in [0.1, 0.15) is 33.1 Å². The molecule has 0 saturated carbocycles. The SMILES string of the molecule is CCCC(CC)N(NC)NC. The molecule has 0 saturated heterocycles. The third-order valence-corrected chi connectivity index (χ3v) is 1.94. The summed E-state index contributed by atoms with van der Waals surface area (Å²) >= 11 is 0. The highest BCUT2D eigenvalue weighted by atomic mass is 15.7. The van der Waals surface area contributed by atoms with Crippen molar-refractivity contribution in [2.45, 2.75) is 39.2 Å². The van der Waals surface area contributed by atoms with Gasteiger partial charge in [0.15, 0.2) is 0 Å². The average molecular weight is 159 g/mol. The van der Waals surface area contributed by atoms with Crippen LogP contribution in [0.3, 0.4) is 0 Å². The fourth-order valence-electron chi connectivity index (χ4n) is 1.33. The van der Waals surface area contributed by atoms with E-state index in [4.69, 9.17) is 0 Å². The normalized spacial score (nSPS) is 13.9. The molecule has 11 heavy (non-hydrogen) atoms. The summed E-state index contributed by atoms with van der Waals surface area (Å²) in [6.45, 7) is 4.42. The first kappa shape index (κ1) is 10.9. The topological polar surface area (TPSA) is 27.3 Å². The zero-order valence-corrected chi connectivity index (χ0v) is 8.15. The molecule has 0 fully saturated rings.